The van der Waals surface area contributed by atoms with E-state index >= 15 is 0 Å². The monoisotopic (exact) mass is 338 g/mol. The summed E-state index contributed by atoms with van der Waals surface area (Å²) in [6.07, 6.45) is 7.62. The van der Waals surface area contributed by atoms with Crippen molar-refractivity contribution in [3.05, 3.63) is 36.9 Å². The van der Waals surface area contributed by atoms with Gasteiger partial charge in [0.25, 0.3) is 0 Å². The number of nitrogens with one attached hydrogen (secondary N) is 2. The number of fused-ring (bicyclic) bond motifs is 1. The molecule has 2 N–H and O–H groups in total. The molecular weight excluding hydrogens is 316 g/mol. The van der Waals surface area contributed by atoms with Crippen molar-refractivity contribution >= 4 is 16.9 Å². The number of rotatable bonds is 5. The smallest absolute Gasteiger partial charge is 0.159 e. The average molecular weight is 338 g/mol. The first-order valence-electron chi connectivity index (χ1n) is 8.73. The van der Waals surface area contributed by atoms with Crippen molar-refractivity contribution in [1.82, 2.24) is 24.8 Å². The highest BCUT2D eigenvalue weighted by Gasteiger charge is 2.14. The van der Waals surface area contributed by atoms with Crippen molar-refractivity contribution in [3.63, 3.8) is 0 Å². The Morgan fingerprint density at radius 2 is 2.32 bits per heavy atom. The lowest BCUT2D eigenvalue weighted by Gasteiger charge is -2.24. The second-order valence-corrected chi connectivity index (χ2v) is 6.15. The van der Waals surface area contributed by atoms with Crippen LogP contribution in [0.3, 0.4) is 0 Å². The predicted molar refractivity (Wildman–Crippen MR) is 97.3 cm³/mol. The zero-order valence-electron chi connectivity index (χ0n) is 14.3. The van der Waals surface area contributed by atoms with Crippen LogP contribution in [-0.2, 0) is 0 Å². The van der Waals surface area contributed by atoms with Gasteiger partial charge in [-0.2, -0.15) is 0 Å². The summed E-state index contributed by atoms with van der Waals surface area (Å²) >= 11 is 0. The van der Waals surface area contributed by atoms with E-state index in [9.17, 15) is 0 Å². The number of benzene rings is 1. The molecule has 0 aliphatic carbocycles. The van der Waals surface area contributed by atoms with Crippen LogP contribution in [0.1, 0.15) is 19.8 Å². The van der Waals surface area contributed by atoms with Gasteiger partial charge in [0.15, 0.2) is 5.82 Å². The third-order valence-corrected chi connectivity index (χ3v) is 4.35. The van der Waals surface area contributed by atoms with Crippen molar-refractivity contribution in [3.8, 4) is 11.6 Å². The summed E-state index contributed by atoms with van der Waals surface area (Å²) in [7, 11) is 0. The number of hydrogen-bond acceptors (Lipinski definition) is 6. The third kappa shape index (κ3) is 3.41. The third-order valence-electron chi connectivity index (χ3n) is 4.35. The molecule has 0 spiro atoms. The normalized spacial score (nSPS) is 17.6. The highest BCUT2D eigenvalue weighted by molar-refractivity contribution is 5.78. The molecule has 2 aromatic heterocycles. The minimum Gasteiger partial charge on any atom is -0.494 e. The van der Waals surface area contributed by atoms with Gasteiger partial charge in [-0.3, -0.25) is 9.55 Å². The topological polar surface area (TPSA) is 76.9 Å². The number of aromatic nitrogens is 4. The molecule has 1 saturated heterocycles. The van der Waals surface area contributed by atoms with Crippen LogP contribution in [0, 0.1) is 0 Å². The van der Waals surface area contributed by atoms with Gasteiger partial charge in [0.2, 0.25) is 0 Å². The van der Waals surface area contributed by atoms with Crippen LogP contribution in [0.25, 0.3) is 16.9 Å². The van der Waals surface area contributed by atoms with E-state index in [1.54, 1.807) is 18.7 Å². The molecule has 3 heterocycles. The van der Waals surface area contributed by atoms with Crippen LogP contribution in [0.15, 0.2) is 36.9 Å². The molecule has 130 valence electrons. The van der Waals surface area contributed by atoms with Gasteiger partial charge in [0.1, 0.15) is 17.9 Å². The number of ether oxygens (including phenoxy) is 1. The molecule has 1 atom stereocenters. The molecular formula is C18H22N6O. The van der Waals surface area contributed by atoms with E-state index < -0.39 is 0 Å². The largest absolute Gasteiger partial charge is 0.494 e. The SMILES string of the molecule is CCOc1ccc2c(c1)ncn2-c1cncc(NC2CCCNC2)n1. The van der Waals surface area contributed by atoms with Gasteiger partial charge in [0, 0.05) is 18.7 Å². The molecule has 1 aliphatic rings. The average Bonchev–Trinajstić information content (AvgIpc) is 3.06. The maximum Gasteiger partial charge on any atom is 0.159 e. The molecule has 0 bridgehead atoms. The molecule has 1 aromatic carbocycles. The van der Waals surface area contributed by atoms with E-state index in [2.05, 4.69) is 20.6 Å². The van der Waals surface area contributed by atoms with Gasteiger partial charge in [0.05, 0.1) is 30.0 Å². The summed E-state index contributed by atoms with van der Waals surface area (Å²) in [5, 5.41) is 6.87. The molecule has 0 radical (unpaired) electrons. The molecule has 0 saturated carbocycles. The first-order valence-corrected chi connectivity index (χ1v) is 8.73. The van der Waals surface area contributed by atoms with Crippen LogP contribution in [0.5, 0.6) is 5.75 Å². The highest BCUT2D eigenvalue weighted by Crippen LogP contribution is 2.22. The van der Waals surface area contributed by atoms with E-state index in [0.29, 0.717) is 12.6 Å². The second kappa shape index (κ2) is 7.06. The highest BCUT2D eigenvalue weighted by atomic mass is 16.5. The van der Waals surface area contributed by atoms with Crippen LogP contribution in [0.4, 0.5) is 5.82 Å². The minimum atomic E-state index is 0.395. The van der Waals surface area contributed by atoms with Crippen LogP contribution in [-0.4, -0.2) is 45.3 Å². The first-order chi connectivity index (χ1) is 12.3. The number of nitrogens with zero attached hydrogens (tertiary/aromatic N) is 4. The Balaban J connectivity index is 1.61. The minimum absolute atomic E-state index is 0.395. The Hall–Kier alpha value is -2.67. The van der Waals surface area contributed by atoms with Crippen LogP contribution < -0.4 is 15.4 Å². The van der Waals surface area contributed by atoms with Crippen molar-refractivity contribution in [1.29, 1.82) is 0 Å². The quantitative estimate of drug-likeness (QED) is 0.744. The second-order valence-electron chi connectivity index (χ2n) is 6.15. The maximum atomic E-state index is 5.54. The summed E-state index contributed by atoms with van der Waals surface area (Å²) in [6.45, 7) is 4.66. The Labute approximate surface area is 146 Å². The van der Waals surface area contributed by atoms with E-state index in [1.165, 1.54) is 6.42 Å². The van der Waals surface area contributed by atoms with E-state index in [-0.39, 0.29) is 0 Å². The Bertz CT molecular complexity index is 856. The first kappa shape index (κ1) is 15.8. The Kier molecular flexibility index (Phi) is 4.47. The molecule has 7 heteroatoms. The molecule has 3 aromatic rings. The summed E-state index contributed by atoms with van der Waals surface area (Å²) in [6, 6.07) is 6.29. The van der Waals surface area contributed by atoms with E-state index in [1.807, 2.05) is 29.7 Å². The van der Waals surface area contributed by atoms with E-state index in [4.69, 9.17) is 9.72 Å². The van der Waals surface area contributed by atoms with Crippen LogP contribution >= 0.6 is 0 Å². The zero-order valence-corrected chi connectivity index (χ0v) is 14.3. The van der Waals surface area contributed by atoms with Gasteiger partial charge in [-0.1, -0.05) is 0 Å². The Morgan fingerprint density at radius 1 is 1.36 bits per heavy atom. The lowest BCUT2D eigenvalue weighted by molar-refractivity contribution is 0.340. The van der Waals surface area contributed by atoms with Crippen molar-refractivity contribution in [2.75, 3.05) is 25.0 Å². The number of hydrogen-bond donors (Lipinski definition) is 2. The van der Waals surface area contributed by atoms with E-state index in [0.717, 1.165) is 47.9 Å². The van der Waals surface area contributed by atoms with Gasteiger partial charge in [-0.25, -0.2) is 9.97 Å². The Morgan fingerprint density at radius 3 is 3.16 bits per heavy atom. The summed E-state index contributed by atoms with van der Waals surface area (Å²) in [5.74, 6) is 2.37. The molecule has 1 fully saturated rings. The fourth-order valence-electron chi connectivity index (χ4n) is 3.16. The van der Waals surface area contributed by atoms with Crippen molar-refractivity contribution in [2.45, 2.75) is 25.8 Å². The fraction of sp³-hybridized carbons (Fsp3) is 0.389. The van der Waals surface area contributed by atoms with Crippen molar-refractivity contribution < 1.29 is 4.74 Å². The van der Waals surface area contributed by atoms with Crippen LogP contribution in [0.2, 0.25) is 0 Å². The van der Waals surface area contributed by atoms with Gasteiger partial charge < -0.3 is 15.4 Å². The molecule has 7 nitrogen and oxygen atoms in total. The predicted octanol–water partition coefficient (Wildman–Crippen LogP) is 2.38. The van der Waals surface area contributed by atoms with Crippen molar-refractivity contribution in [2.24, 2.45) is 0 Å². The standard InChI is InChI=1S/C18H22N6O/c1-2-25-14-5-6-16-15(8-14)21-12-24(16)18-11-20-10-17(23-18)22-13-4-3-7-19-9-13/h5-6,8,10-13,19H,2-4,7,9H2,1H3,(H,22,23). The molecule has 1 unspecified atom stereocenters. The number of anilines is 1. The summed E-state index contributed by atoms with van der Waals surface area (Å²) in [4.78, 5) is 13.5. The zero-order chi connectivity index (χ0) is 17.1. The fourth-order valence-corrected chi connectivity index (χ4v) is 3.16. The summed E-state index contributed by atoms with van der Waals surface area (Å²) in [5.41, 5.74) is 1.86. The lowest BCUT2D eigenvalue weighted by atomic mass is 10.1. The lowest BCUT2D eigenvalue weighted by Crippen LogP contribution is -2.38. The summed E-state index contributed by atoms with van der Waals surface area (Å²) < 4.78 is 7.49. The maximum absolute atomic E-state index is 5.54. The molecule has 25 heavy (non-hydrogen) atoms. The molecule has 1 aliphatic heterocycles. The number of piperidine rings is 1. The molecule has 4 rings (SSSR count). The number of imidazole rings is 1. The molecule has 0 amide bonds. The van der Waals surface area contributed by atoms with Gasteiger partial charge in [-0.15, -0.1) is 0 Å². The van der Waals surface area contributed by atoms with Gasteiger partial charge >= 0.3 is 0 Å². The van der Waals surface area contributed by atoms with Gasteiger partial charge in [-0.05, 0) is 38.4 Å².